The number of rotatable bonds is 21. The number of urea groups is 1. The molecule has 3 aromatic heterocycles. The van der Waals surface area contributed by atoms with Crippen LogP contribution in [0.4, 0.5) is 18.0 Å². The van der Waals surface area contributed by atoms with Gasteiger partial charge in [0.05, 0.1) is 11.1 Å². The molecule has 0 aliphatic carbocycles. The molecule has 20 aromatic rings. The van der Waals surface area contributed by atoms with Gasteiger partial charge >= 0.3 is 6.03 Å². The number of thiophene rings is 1. The molecular formula is C120H97Cl3F3N7O2S. The summed E-state index contributed by atoms with van der Waals surface area (Å²) in [6.45, 7) is 0. The molecule has 0 saturated carbocycles. The number of carbonyl (C=O) groups excluding carboxylic acids is 1. The van der Waals surface area contributed by atoms with Gasteiger partial charge < -0.3 is 32.2 Å². The van der Waals surface area contributed by atoms with E-state index in [9.17, 15) is 18.7 Å². The van der Waals surface area contributed by atoms with Crippen molar-refractivity contribution in [3.8, 4) is 0 Å². The largest absolute Gasteiger partial charge is 0.375 e. The van der Waals surface area contributed by atoms with Gasteiger partial charge in [0.15, 0.2) is 5.60 Å². The first-order chi connectivity index (χ1) is 66.5. The van der Waals surface area contributed by atoms with Crippen molar-refractivity contribution in [1.29, 1.82) is 0 Å². The average molecular weight is 1860 g/mol. The maximum Gasteiger partial charge on any atom is 0.313 e. The molecule has 0 bridgehead atoms. The quantitative estimate of drug-likeness (QED) is 0.0454. The number of nitrogens with two attached hydrogens (primary N) is 3. The predicted molar refractivity (Wildman–Crippen MR) is 549 cm³/mol. The zero-order chi connectivity index (χ0) is 94.6. The highest BCUT2D eigenvalue weighted by Crippen LogP contribution is 2.48. The van der Waals surface area contributed by atoms with Gasteiger partial charge in [0.2, 0.25) is 0 Å². The third-order valence-electron chi connectivity index (χ3n) is 24.0. The maximum absolute atomic E-state index is 15.0. The van der Waals surface area contributed by atoms with Gasteiger partial charge in [-0.25, -0.2) is 18.0 Å². The van der Waals surface area contributed by atoms with Crippen LogP contribution >= 0.6 is 46.1 Å². The Labute approximate surface area is 811 Å². The molecule has 16 heteroatoms. The van der Waals surface area contributed by atoms with Crippen molar-refractivity contribution < 1.29 is 23.1 Å². The fraction of sp³-hybridized carbons (Fsp3) is 0.0500. The Kier molecular flexibility index (Phi) is 31.5. The molecule has 672 valence electrons. The maximum atomic E-state index is 15.0. The Morgan fingerprint density at radius 1 is 0.294 bits per heavy atom. The van der Waals surface area contributed by atoms with Crippen LogP contribution in [-0.2, 0) is 33.3 Å². The molecule has 136 heavy (non-hydrogen) atoms. The minimum Gasteiger partial charge on any atom is -0.375 e. The Balaban J connectivity index is 0.000000124. The number of nitrogens with zero attached hydrogens (tertiary/aromatic N) is 3. The van der Waals surface area contributed by atoms with E-state index in [2.05, 4.69) is 94.1 Å². The Morgan fingerprint density at radius 2 is 0.596 bits per heavy atom. The van der Waals surface area contributed by atoms with Crippen LogP contribution in [0.2, 0.25) is 15.1 Å². The summed E-state index contributed by atoms with van der Waals surface area (Å²) in [4.78, 5) is 12.7. The average Bonchev–Trinajstić information content (AvgIpc) is 1.24. The summed E-state index contributed by atoms with van der Waals surface area (Å²) in [7, 11) is 0. The Bertz CT molecular complexity index is 6710. The van der Waals surface area contributed by atoms with E-state index in [1.807, 2.05) is 392 Å². The third-order valence-corrected chi connectivity index (χ3v) is 26.0. The highest BCUT2D eigenvalue weighted by atomic mass is 35.5. The molecule has 0 spiro atoms. The van der Waals surface area contributed by atoms with Crippen molar-refractivity contribution in [3.05, 3.63) is 672 Å². The Hall–Kier alpha value is -15.3. The third kappa shape index (κ3) is 20.4. The summed E-state index contributed by atoms with van der Waals surface area (Å²) in [5, 5.41) is 22.7. The summed E-state index contributed by atoms with van der Waals surface area (Å²) in [5.74, 6) is -0.938. The first kappa shape index (κ1) is 95.4. The van der Waals surface area contributed by atoms with E-state index >= 15 is 4.39 Å². The zero-order valence-corrected chi connectivity index (χ0v) is 77.1. The predicted octanol–water partition coefficient (Wildman–Crippen LogP) is 28.0. The standard InChI is InChI=1S/C23H18ClN.C22H17FN2.C20H17FN2O.C19H16ClN.C19H16FN.C17H13ClOS/c24-22-16-8-7-15-21(22)23(25-17-9-10-18-25,19-11-3-1-4-12-19)20-13-5-2-6-14-20;23-21-15-8-7-14-20(21)22(25-17-9-16-24-25,18-10-3-1-4-11-18)19-12-5-2-6-13-19;21-18-14-8-7-13-17(18)20(23-19(22)24,15-9-3-1-4-10-15)16-11-5-2-6-12-16;20-18-14-8-7-13-17(18)19(21,15-9-3-1-4-10-15)16-11-5-2-6-12-16;20-18-13-11-17(12-14-18)19(21,15-7-3-1-4-8-15)16-9-5-2-6-10-16;18-15-10-5-4-9-14(15)17(19,16-11-6-12-20-16)13-7-2-1-3-8-13/h1-18H;1-17H;1-14H,(H3,22,23,24);2*1-14H,21H2;1-12,19H. The summed E-state index contributed by atoms with van der Waals surface area (Å²) >= 11 is 21.0. The van der Waals surface area contributed by atoms with E-state index in [1.165, 1.54) is 46.7 Å². The highest BCUT2D eigenvalue weighted by molar-refractivity contribution is 7.10. The number of aliphatic hydroxyl groups is 1. The van der Waals surface area contributed by atoms with Crippen molar-refractivity contribution in [2.24, 2.45) is 17.2 Å². The summed E-state index contributed by atoms with van der Waals surface area (Å²) < 4.78 is 47.0. The van der Waals surface area contributed by atoms with Gasteiger partial charge in [-0.3, -0.25) is 4.68 Å². The molecule has 0 fully saturated rings. The number of hydrogen-bond donors (Lipinski definition) is 5. The second-order valence-electron chi connectivity index (χ2n) is 31.9. The molecule has 8 N–H and O–H groups in total. The normalized spacial score (nSPS) is 11.7. The number of carbonyl (C=O) groups is 1. The van der Waals surface area contributed by atoms with Gasteiger partial charge in [0.25, 0.3) is 0 Å². The van der Waals surface area contributed by atoms with Gasteiger partial charge in [-0.15, -0.1) is 11.3 Å². The fourth-order valence-corrected chi connectivity index (χ4v) is 19.4. The summed E-state index contributed by atoms with van der Waals surface area (Å²) in [5.41, 5.74) is 28.7. The number of primary amides is 1. The van der Waals surface area contributed by atoms with E-state index in [0.717, 1.165) is 76.7 Å². The van der Waals surface area contributed by atoms with Crippen molar-refractivity contribution in [1.82, 2.24) is 19.7 Å². The first-order valence-corrected chi connectivity index (χ1v) is 46.2. The van der Waals surface area contributed by atoms with Crippen molar-refractivity contribution in [2.45, 2.75) is 33.3 Å². The number of amides is 2. The fourth-order valence-electron chi connectivity index (χ4n) is 17.7. The van der Waals surface area contributed by atoms with Crippen LogP contribution in [0.25, 0.3) is 0 Å². The molecule has 2 amide bonds. The molecule has 1 unspecified atom stereocenters. The smallest absolute Gasteiger partial charge is 0.313 e. The number of nitrogens with one attached hydrogen (secondary N) is 1. The number of hydrogen-bond acceptors (Lipinski definition) is 6. The van der Waals surface area contributed by atoms with Crippen LogP contribution in [-0.4, -0.2) is 25.5 Å². The van der Waals surface area contributed by atoms with Gasteiger partial charge in [-0.2, -0.15) is 5.10 Å². The topological polar surface area (TPSA) is 150 Å². The van der Waals surface area contributed by atoms with E-state index in [-0.39, 0.29) is 11.6 Å². The van der Waals surface area contributed by atoms with Crippen LogP contribution in [0.5, 0.6) is 0 Å². The number of benzene rings is 17. The molecule has 0 radical (unpaired) electrons. The van der Waals surface area contributed by atoms with Crippen molar-refractivity contribution in [3.63, 3.8) is 0 Å². The molecule has 0 aliphatic heterocycles. The molecule has 3 heterocycles. The van der Waals surface area contributed by atoms with E-state index < -0.39 is 45.1 Å². The second-order valence-corrected chi connectivity index (χ2v) is 34.1. The van der Waals surface area contributed by atoms with Gasteiger partial charge in [-0.05, 0) is 144 Å². The minimum atomic E-state index is -1.21. The van der Waals surface area contributed by atoms with Crippen LogP contribution in [0.15, 0.2) is 540 Å². The minimum absolute atomic E-state index is 0.259. The van der Waals surface area contributed by atoms with E-state index in [0.29, 0.717) is 26.7 Å². The summed E-state index contributed by atoms with van der Waals surface area (Å²) in [6, 6.07) is 161. The molecule has 0 saturated heterocycles. The van der Waals surface area contributed by atoms with Crippen LogP contribution < -0.4 is 22.5 Å². The molecule has 1 atom stereocenters. The molecule has 20 rings (SSSR count). The van der Waals surface area contributed by atoms with Crippen molar-refractivity contribution >= 4 is 52.2 Å². The SMILES string of the molecule is Clc1ccccc1C(c1ccccc1)(c1ccccc1)n1cccc1.Fc1ccccc1C(c1ccccc1)(c1ccccc1)n1cccn1.NC(=O)NC(c1ccccc1)(c1ccccc1)c1ccccc1F.NC(c1ccccc1)(c1ccccc1)c1ccc(F)cc1.NC(c1ccccc1)(c1ccccc1)c1ccccc1Cl.OC(c1ccccc1)(c1cccs1)c1ccccc1Cl. The van der Waals surface area contributed by atoms with Crippen molar-refractivity contribution in [2.75, 3.05) is 0 Å². The first-order valence-electron chi connectivity index (χ1n) is 44.1. The molecule has 17 aromatic carbocycles. The zero-order valence-electron chi connectivity index (χ0n) is 74.0. The van der Waals surface area contributed by atoms with E-state index in [4.69, 9.17) is 52.0 Å². The van der Waals surface area contributed by atoms with Gasteiger partial charge in [0, 0.05) is 67.0 Å². The second kappa shape index (κ2) is 45.0. The van der Waals surface area contributed by atoms with Crippen LogP contribution in [0, 0.1) is 17.5 Å². The van der Waals surface area contributed by atoms with Crippen LogP contribution in [0.1, 0.15) is 99.5 Å². The monoisotopic (exact) mass is 1860 g/mol. The van der Waals surface area contributed by atoms with E-state index in [1.54, 1.807) is 48.7 Å². The van der Waals surface area contributed by atoms with Crippen LogP contribution in [0.3, 0.4) is 0 Å². The Morgan fingerprint density at radius 3 is 0.941 bits per heavy atom. The lowest BCUT2D eigenvalue weighted by atomic mass is 9.76. The number of halogens is 6. The summed E-state index contributed by atoms with van der Waals surface area (Å²) in [6.07, 6.45) is 7.81. The lowest BCUT2D eigenvalue weighted by Gasteiger charge is -2.38. The lowest BCUT2D eigenvalue weighted by molar-refractivity contribution is 0.130. The van der Waals surface area contributed by atoms with Gasteiger partial charge in [-0.1, -0.05) is 478 Å². The highest BCUT2D eigenvalue weighted by Gasteiger charge is 2.44. The molecule has 9 nitrogen and oxygen atoms in total. The molecular weight excluding hydrogens is 1770 g/mol. The van der Waals surface area contributed by atoms with Gasteiger partial charge in [0.1, 0.15) is 34.1 Å². The number of aromatic nitrogens is 3. The molecule has 0 aliphatic rings. The lowest BCUT2D eigenvalue weighted by Crippen LogP contribution is -2.50.